The molecule has 2 atom stereocenters. The highest BCUT2D eigenvalue weighted by Gasteiger charge is 2.50. The molecule has 10 heteroatoms. The second-order valence-corrected chi connectivity index (χ2v) is 9.22. The number of rotatable bonds is 13. The largest absolute Gasteiger partial charge is 0.385 e. The van der Waals surface area contributed by atoms with Crippen molar-refractivity contribution in [1.29, 1.82) is 0 Å². The summed E-state index contributed by atoms with van der Waals surface area (Å²) in [6, 6.07) is 15.2. The Kier molecular flexibility index (Phi) is 9.62. The maximum Gasteiger partial charge on any atom is 0.244 e. The molecular formula is C27H35N5O5. The molecule has 1 aliphatic heterocycles. The van der Waals surface area contributed by atoms with Gasteiger partial charge in [0.25, 0.3) is 0 Å². The number of para-hydroxylation sites is 1. The van der Waals surface area contributed by atoms with Gasteiger partial charge in [0.1, 0.15) is 5.54 Å². The fraction of sp³-hybridized carbons (Fsp3) is 0.407. The standard InChI is InChI=1S/C27H35N5O5/c1-37-17-21(25(35)31-16-20-10-5-9-19-11-6-14-30-24(19)20)27(26(29)36,15-22(28)33)32-23(34)13-12-18-7-3-2-4-8-18/h2-5,7-10,21,30H,6,11-17H2,1H3,(H2,28,33)(H2,29,36)(H,31,35)(H,32,34)/t21-,27?/m0/s1. The van der Waals surface area contributed by atoms with E-state index in [0.29, 0.717) is 6.42 Å². The van der Waals surface area contributed by atoms with Crippen LogP contribution < -0.4 is 27.4 Å². The lowest BCUT2D eigenvalue weighted by Gasteiger charge is -2.37. The van der Waals surface area contributed by atoms with E-state index in [4.69, 9.17) is 16.2 Å². The molecule has 1 aliphatic rings. The first-order chi connectivity index (χ1) is 17.8. The number of anilines is 1. The van der Waals surface area contributed by atoms with Crippen molar-refractivity contribution in [3.63, 3.8) is 0 Å². The number of aryl methyl sites for hydroxylation is 2. The van der Waals surface area contributed by atoms with Crippen molar-refractivity contribution in [3.8, 4) is 0 Å². The van der Waals surface area contributed by atoms with Gasteiger partial charge in [0, 0.05) is 32.3 Å². The van der Waals surface area contributed by atoms with Crippen LogP contribution in [0.25, 0.3) is 0 Å². The number of benzene rings is 2. The van der Waals surface area contributed by atoms with Gasteiger partial charge in [-0.1, -0.05) is 48.5 Å². The molecule has 0 saturated heterocycles. The third kappa shape index (κ3) is 7.07. The molecule has 2 aromatic rings. The molecule has 198 valence electrons. The van der Waals surface area contributed by atoms with Crippen molar-refractivity contribution >= 4 is 29.3 Å². The van der Waals surface area contributed by atoms with Crippen LogP contribution in [0.3, 0.4) is 0 Å². The summed E-state index contributed by atoms with van der Waals surface area (Å²) in [6.07, 6.45) is 1.72. The molecule has 0 aliphatic carbocycles. The fourth-order valence-corrected chi connectivity index (χ4v) is 4.71. The van der Waals surface area contributed by atoms with E-state index < -0.39 is 41.5 Å². The minimum absolute atomic E-state index is 0.0148. The van der Waals surface area contributed by atoms with E-state index in [0.717, 1.165) is 41.8 Å². The molecule has 0 spiro atoms. The van der Waals surface area contributed by atoms with Crippen LogP contribution in [0, 0.1) is 5.92 Å². The molecular weight excluding hydrogens is 474 g/mol. The van der Waals surface area contributed by atoms with Crippen LogP contribution in [0.4, 0.5) is 5.69 Å². The lowest BCUT2D eigenvalue weighted by molar-refractivity contribution is -0.144. The van der Waals surface area contributed by atoms with Gasteiger partial charge in [-0.25, -0.2) is 0 Å². The van der Waals surface area contributed by atoms with Gasteiger partial charge in [0.15, 0.2) is 0 Å². The van der Waals surface area contributed by atoms with E-state index in [1.807, 2.05) is 48.5 Å². The molecule has 4 amide bonds. The smallest absolute Gasteiger partial charge is 0.244 e. The Morgan fingerprint density at radius 3 is 2.51 bits per heavy atom. The molecule has 7 N–H and O–H groups in total. The Hall–Kier alpha value is -3.92. The molecule has 0 bridgehead atoms. The summed E-state index contributed by atoms with van der Waals surface area (Å²) in [7, 11) is 1.35. The zero-order valence-electron chi connectivity index (χ0n) is 21.0. The number of nitrogens with one attached hydrogen (secondary N) is 3. The highest BCUT2D eigenvalue weighted by atomic mass is 16.5. The van der Waals surface area contributed by atoms with Crippen LogP contribution in [-0.4, -0.2) is 49.4 Å². The highest BCUT2D eigenvalue weighted by molar-refractivity contribution is 5.99. The summed E-state index contributed by atoms with van der Waals surface area (Å²) < 4.78 is 5.23. The van der Waals surface area contributed by atoms with Gasteiger partial charge in [-0.05, 0) is 36.0 Å². The summed E-state index contributed by atoms with van der Waals surface area (Å²) in [6.45, 7) is 0.734. The quantitative estimate of drug-likeness (QED) is 0.267. The summed E-state index contributed by atoms with van der Waals surface area (Å²) in [5.41, 5.74) is 13.1. The van der Waals surface area contributed by atoms with E-state index in [2.05, 4.69) is 16.0 Å². The van der Waals surface area contributed by atoms with Crippen LogP contribution in [0.5, 0.6) is 0 Å². The second kappa shape index (κ2) is 12.9. The lowest BCUT2D eigenvalue weighted by Crippen LogP contribution is -2.67. The van der Waals surface area contributed by atoms with E-state index in [1.165, 1.54) is 7.11 Å². The predicted molar refractivity (Wildman–Crippen MR) is 139 cm³/mol. The van der Waals surface area contributed by atoms with Gasteiger partial charge in [-0.15, -0.1) is 0 Å². The third-order valence-corrected chi connectivity index (χ3v) is 6.60. The molecule has 2 aromatic carbocycles. The molecule has 0 aromatic heterocycles. The second-order valence-electron chi connectivity index (χ2n) is 9.22. The average Bonchev–Trinajstić information content (AvgIpc) is 2.89. The Balaban J connectivity index is 1.82. The van der Waals surface area contributed by atoms with Crippen LogP contribution in [0.1, 0.15) is 36.0 Å². The Morgan fingerprint density at radius 2 is 1.84 bits per heavy atom. The first kappa shape index (κ1) is 27.7. The van der Waals surface area contributed by atoms with E-state index >= 15 is 0 Å². The van der Waals surface area contributed by atoms with Crippen LogP contribution in [0.15, 0.2) is 48.5 Å². The van der Waals surface area contributed by atoms with Crippen molar-refractivity contribution in [2.24, 2.45) is 17.4 Å². The normalized spacial score (nSPS) is 14.8. The minimum atomic E-state index is -2.06. The van der Waals surface area contributed by atoms with Gasteiger partial charge >= 0.3 is 0 Å². The highest BCUT2D eigenvalue weighted by Crippen LogP contribution is 2.27. The number of hydrogen-bond donors (Lipinski definition) is 5. The molecule has 1 unspecified atom stereocenters. The van der Waals surface area contributed by atoms with E-state index in [9.17, 15) is 19.2 Å². The molecule has 0 radical (unpaired) electrons. The zero-order valence-corrected chi connectivity index (χ0v) is 21.0. The number of amides is 4. The van der Waals surface area contributed by atoms with Gasteiger partial charge in [0.2, 0.25) is 23.6 Å². The van der Waals surface area contributed by atoms with Crippen molar-refractivity contribution in [2.75, 3.05) is 25.6 Å². The summed E-state index contributed by atoms with van der Waals surface area (Å²) in [4.78, 5) is 51.2. The van der Waals surface area contributed by atoms with Crippen molar-refractivity contribution in [1.82, 2.24) is 10.6 Å². The lowest BCUT2D eigenvalue weighted by atomic mass is 9.79. The molecule has 1 heterocycles. The number of methoxy groups -OCH3 is 1. The van der Waals surface area contributed by atoms with E-state index in [1.54, 1.807) is 0 Å². The molecule has 3 rings (SSSR count). The van der Waals surface area contributed by atoms with Crippen molar-refractivity contribution in [2.45, 2.75) is 44.2 Å². The van der Waals surface area contributed by atoms with Crippen LogP contribution in [-0.2, 0) is 43.3 Å². The predicted octanol–water partition coefficient (Wildman–Crippen LogP) is 0.772. The fourth-order valence-electron chi connectivity index (χ4n) is 4.71. The third-order valence-electron chi connectivity index (χ3n) is 6.60. The first-order valence-corrected chi connectivity index (χ1v) is 12.3. The van der Waals surface area contributed by atoms with Crippen molar-refractivity contribution < 1.29 is 23.9 Å². The number of carbonyl (C=O) groups is 4. The number of primary amides is 2. The average molecular weight is 510 g/mol. The number of fused-ring (bicyclic) bond motifs is 1. The topological polar surface area (TPSA) is 166 Å². The molecule has 37 heavy (non-hydrogen) atoms. The van der Waals surface area contributed by atoms with Gasteiger partial charge in [-0.3, -0.25) is 19.2 Å². The summed E-state index contributed by atoms with van der Waals surface area (Å²) in [5, 5.41) is 8.78. The molecule has 0 fully saturated rings. The monoisotopic (exact) mass is 509 g/mol. The Bertz CT molecular complexity index is 1120. The Labute approximate surface area is 216 Å². The number of ether oxygens (including phenoxy) is 1. The number of carbonyl (C=O) groups excluding carboxylic acids is 4. The zero-order chi connectivity index (χ0) is 26.8. The van der Waals surface area contributed by atoms with Gasteiger partial charge < -0.3 is 32.2 Å². The van der Waals surface area contributed by atoms with E-state index in [-0.39, 0.29) is 19.6 Å². The maximum absolute atomic E-state index is 13.4. The maximum atomic E-state index is 13.4. The molecule has 10 nitrogen and oxygen atoms in total. The summed E-state index contributed by atoms with van der Waals surface area (Å²) >= 11 is 0. The first-order valence-electron chi connectivity index (χ1n) is 12.3. The van der Waals surface area contributed by atoms with Gasteiger partial charge in [0.05, 0.1) is 18.9 Å². The Morgan fingerprint density at radius 1 is 1.08 bits per heavy atom. The summed E-state index contributed by atoms with van der Waals surface area (Å²) in [5.74, 6) is -4.37. The number of hydrogen-bond acceptors (Lipinski definition) is 6. The molecule has 0 saturated carbocycles. The van der Waals surface area contributed by atoms with Crippen LogP contribution in [0.2, 0.25) is 0 Å². The number of nitrogens with two attached hydrogens (primary N) is 2. The van der Waals surface area contributed by atoms with Gasteiger partial charge in [-0.2, -0.15) is 0 Å². The van der Waals surface area contributed by atoms with Crippen LogP contribution >= 0.6 is 0 Å². The van der Waals surface area contributed by atoms with Crippen molar-refractivity contribution in [3.05, 3.63) is 65.2 Å². The SMILES string of the molecule is COC[C@@H](C(=O)NCc1cccc2c1NCCC2)C(CC(N)=O)(NC(=O)CCc1ccccc1)C(N)=O. The minimum Gasteiger partial charge on any atom is -0.385 e.